The SMILES string of the molecule is O=C(Nc1ccc(OCc2ccccc2)cc1)c1ccc(CSc2ccccc2)cc1. The fourth-order valence-electron chi connectivity index (χ4n) is 3.01. The summed E-state index contributed by atoms with van der Waals surface area (Å²) >= 11 is 1.78. The summed E-state index contributed by atoms with van der Waals surface area (Å²) in [7, 11) is 0. The van der Waals surface area contributed by atoms with E-state index in [1.165, 1.54) is 10.5 Å². The van der Waals surface area contributed by atoms with Gasteiger partial charge in [0.15, 0.2) is 0 Å². The van der Waals surface area contributed by atoms with Gasteiger partial charge in [-0.25, -0.2) is 0 Å². The Labute approximate surface area is 187 Å². The molecule has 0 aliphatic carbocycles. The van der Waals surface area contributed by atoms with Gasteiger partial charge in [-0.1, -0.05) is 60.7 Å². The molecule has 154 valence electrons. The highest BCUT2D eigenvalue weighted by Crippen LogP contribution is 2.23. The van der Waals surface area contributed by atoms with Crippen molar-refractivity contribution in [3.8, 4) is 5.75 Å². The van der Waals surface area contributed by atoms with Crippen molar-refractivity contribution in [3.63, 3.8) is 0 Å². The van der Waals surface area contributed by atoms with Crippen LogP contribution in [0.1, 0.15) is 21.5 Å². The van der Waals surface area contributed by atoms with Crippen molar-refractivity contribution in [2.75, 3.05) is 5.32 Å². The molecule has 0 aliphatic rings. The lowest BCUT2D eigenvalue weighted by Gasteiger charge is -2.09. The van der Waals surface area contributed by atoms with Crippen molar-refractivity contribution in [3.05, 3.63) is 126 Å². The Morgan fingerprint density at radius 3 is 2.03 bits per heavy atom. The molecule has 0 radical (unpaired) electrons. The first-order valence-corrected chi connectivity index (χ1v) is 11.1. The molecule has 0 bridgehead atoms. The van der Waals surface area contributed by atoms with Crippen molar-refractivity contribution < 1.29 is 9.53 Å². The summed E-state index contributed by atoms with van der Waals surface area (Å²) in [6.07, 6.45) is 0. The van der Waals surface area contributed by atoms with Crippen LogP contribution in [0.25, 0.3) is 0 Å². The van der Waals surface area contributed by atoms with Crippen LogP contribution in [0.15, 0.2) is 114 Å². The van der Waals surface area contributed by atoms with E-state index in [1.54, 1.807) is 11.8 Å². The number of carbonyl (C=O) groups is 1. The lowest BCUT2D eigenvalue weighted by atomic mass is 10.1. The summed E-state index contributed by atoms with van der Waals surface area (Å²) in [5, 5.41) is 2.94. The van der Waals surface area contributed by atoms with Gasteiger partial charge in [-0.3, -0.25) is 4.79 Å². The molecule has 4 rings (SSSR count). The molecule has 0 spiro atoms. The Morgan fingerprint density at radius 1 is 0.710 bits per heavy atom. The molecule has 1 N–H and O–H groups in total. The first kappa shape index (κ1) is 20.8. The number of hydrogen-bond donors (Lipinski definition) is 1. The number of thioether (sulfide) groups is 1. The van der Waals surface area contributed by atoms with Gasteiger partial charge in [-0.2, -0.15) is 0 Å². The van der Waals surface area contributed by atoms with E-state index in [-0.39, 0.29) is 5.91 Å². The maximum absolute atomic E-state index is 12.6. The number of rotatable bonds is 8. The largest absolute Gasteiger partial charge is 0.489 e. The second-order valence-corrected chi connectivity index (χ2v) is 8.10. The van der Waals surface area contributed by atoms with E-state index in [0.717, 1.165) is 22.8 Å². The molecule has 0 aromatic heterocycles. The highest BCUT2D eigenvalue weighted by Gasteiger charge is 2.07. The second kappa shape index (κ2) is 10.5. The average Bonchev–Trinajstić information content (AvgIpc) is 2.84. The van der Waals surface area contributed by atoms with Gasteiger partial charge in [0.25, 0.3) is 5.91 Å². The van der Waals surface area contributed by atoms with E-state index < -0.39 is 0 Å². The summed E-state index contributed by atoms with van der Waals surface area (Å²) in [5.41, 5.74) is 3.68. The van der Waals surface area contributed by atoms with Crippen LogP contribution in [0.2, 0.25) is 0 Å². The van der Waals surface area contributed by atoms with Gasteiger partial charge in [0, 0.05) is 21.9 Å². The summed E-state index contributed by atoms with van der Waals surface area (Å²) in [6.45, 7) is 0.515. The third-order valence-corrected chi connectivity index (χ3v) is 5.81. The molecule has 0 heterocycles. The van der Waals surface area contributed by atoms with Crippen LogP contribution >= 0.6 is 11.8 Å². The van der Waals surface area contributed by atoms with E-state index in [0.29, 0.717) is 12.2 Å². The molecule has 31 heavy (non-hydrogen) atoms. The summed E-state index contributed by atoms with van der Waals surface area (Å²) in [6, 6.07) is 35.5. The lowest BCUT2D eigenvalue weighted by molar-refractivity contribution is 0.102. The minimum Gasteiger partial charge on any atom is -0.489 e. The van der Waals surface area contributed by atoms with Gasteiger partial charge >= 0.3 is 0 Å². The molecule has 3 nitrogen and oxygen atoms in total. The molecular formula is C27H23NO2S. The van der Waals surface area contributed by atoms with E-state index >= 15 is 0 Å². The molecule has 0 saturated heterocycles. The van der Waals surface area contributed by atoms with Gasteiger partial charge in [0.1, 0.15) is 12.4 Å². The molecule has 0 saturated carbocycles. The molecule has 0 fully saturated rings. The standard InChI is InChI=1S/C27H23NO2S/c29-27(23-13-11-22(12-14-23)20-31-26-9-5-2-6-10-26)28-24-15-17-25(18-16-24)30-19-21-7-3-1-4-8-21/h1-18H,19-20H2,(H,28,29). The Hall–Kier alpha value is -3.50. The lowest BCUT2D eigenvalue weighted by Crippen LogP contribution is -2.11. The van der Waals surface area contributed by atoms with Gasteiger partial charge < -0.3 is 10.1 Å². The summed E-state index contributed by atoms with van der Waals surface area (Å²) < 4.78 is 5.79. The molecule has 4 aromatic rings. The van der Waals surface area contributed by atoms with Gasteiger partial charge in [-0.15, -0.1) is 11.8 Å². The normalized spacial score (nSPS) is 10.5. The van der Waals surface area contributed by atoms with E-state index in [2.05, 4.69) is 17.4 Å². The van der Waals surface area contributed by atoms with Crippen LogP contribution in [-0.4, -0.2) is 5.91 Å². The van der Waals surface area contributed by atoms with Crippen LogP contribution in [0.5, 0.6) is 5.75 Å². The highest BCUT2D eigenvalue weighted by atomic mass is 32.2. The van der Waals surface area contributed by atoms with E-state index in [1.807, 2.05) is 97.1 Å². The van der Waals surface area contributed by atoms with Crippen molar-refractivity contribution in [2.24, 2.45) is 0 Å². The van der Waals surface area contributed by atoms with Crippen molar-refractivity contribution in [2.45, 2.75) is 17.3 Å². The summed E-state index contributed by atoms with van der Waals surface area (Å²) in [4.78, 5) is 13.8. The topological polar surface area (TPSA) is 38.3 Å². The van der Waals surface area contributed by atoms with E-state index in [4.69, 9.17) is 4.74 Å². The fourth-order valence-corrected chi connectivity index (χ4v) is 3.89. The molecule has 4 aromatic carbocycles. The average molecular weight is 426 g/mol. The third kappa shape index (κ3) is 6.24. The molecular weight excluding hydrogens is 402 g/mol. The zero-order chi connectivity index (χ0) is 21.3. The zero-order valence-electron chi connectivity index (χ0n) is 17.0. The van der Waals surface area contributed by atoms with Crippen LogP contribution in [0.3, 0.4) is 0 Å². The Kier molecular flexibility index (Phi) is 7.04. The Bertz CT molecular complexity index is 1100. The number of carbonyl (C=O) groups excluding carboxylic acids is 1. The number of hydrogen-bond acceptors (Lipinski definition) is 3. The van der Waals surface area contributed by atoms with E-state index in [9.17, 15) is 4.79 Å². The third-order valence-electron chi connectivity index (χ3n) is 4.73. The molecule has 0 unspecified atom stereocenters. The molecule has 1 amide bonds. The van der Waals surface area contributed by atoms with Gasteiger partial charge in [0.05, 0.1) is 0 Å². The predicted molar refractivity (Wildman–Crippen MR) is 128 cm³/mol. The van der Waals surface area contributed by atoms with Gasteiger partial charge in [0.2, 0.25) is 0 Å². The first-order valence-electron chi connectivity index (χ1n) is 10.1. The first-order chi connectivity index (χ1) is 15.3. The number of amides is 1. The monoisotopic (exact) mass is 425 g/mol. The minimum atomic E-state index is -0.125. The number of anilines is 1. The van der Waals surface area contributed by atoms with Crippen LogP contribution in [-0.2, 0) is 12.4 Å². The molecule has 0 aliphatic heterocycles. The van der Waals surface area contributed by atoms with Crippen molar-refractivity contribution in [1.82, 2.24) is 0 Å². The Morgan fingerprint density at radius 2 is 1.35 bits per heavy atom. The van der Waals surface area contributed by atoms with Crippen LogP contribution in [0.4, 0.5) is 5.69 Å². The maximum atomic E-state index is 12.6. The smallest absolute Gasteiger partial charge is 0.255 e. The highest BCUT2D eigenvalue weighted by molar-refractivity contribution is 7.98. The Balaban J connectivity index is 1.28. The summed E-state index contributed by atoms with van der Waals surface area (Å²) in [5.74, 6) is 1.51. The van der Waals surface area contributed by atoms with Crippen LogP contribution in [0, 0.1) is 0 Å². The second-order valence-electron chi connectivity index (χ2n) is 7.05. The fraction of sp³-hybridized carbons (Fsp3) is 0.0741. The zero-order valence-corrected chi connectivity index (χ0v) is 17.8. The molecule has 0 atom stereocenters. The van der Waals surface area contributed by atoms with Crippen LogP contribution < -0.4 is 10.1 Å². The van der Waals surface area contributed by atoms with Crippen molar-refractivity contribution in [1.29, 1.82) is 0 Å². The van der Waals surface area contributed by atoms with Crippen molar-refractivity contribution >= 4 is 23.4 Å². The maximum Gasteiger partial charge on any atom is 0.255 e. The number of nitrogens with one attached hydrogen (secondary N) is 1. The minimum absolute atomic E-state index is 0.125. The number of ether oxygens (including phenoxy) is 1. The molecule has 4 heteroatoms. The quantitative estimate of drug-likeness (QED) is 0.315. The van der Waals surface area contributed by atoms with Gasteiger partial charge in [-0.05, 0) is 59.7 Å². The number of benzene rings is 4. The predicted octanol–water partition coefficient (Wildman–Crippen LogP) is 6.81.